The van der Waals surface area contributed by atoms with Crippen molar-refractivity contribution in [1.29, 1.82) is 0 Å². The molecule has 14 nitrogen and oxygen atoms in total. The third-order valence-corrected chi connectivity index (χ3v) is 7.04. The van der Waals surface area contributed by atoms with Crippen LogP contribution in [-0.4, -0.2) is 87.6 Å². The standard InChI is InChI=1S/C20H35NO13S3/c1-2-3-7-21-20(22)16-14-17(32-8-4-11-35(23,24)25)19(34-10-6-13-37(29,30)31)18(15-16)33-9-5-12-36(26,27)28/h14-15,20-22H,2-13H2,1H3,(H,23,24,25)(H,26,27,28)(H,29,30,31). The maximum atomic E-state index is 11.0. The minimum atomic E-state index is -4.24. The third-order valence-electron chi connectivity index (χ3n) is 4.63. The minimum absolute atomic E-state index is 0.000754. The quantitative estimate of drug-likeness (QED) is 0.0809. The van der Waals surface area contributed by atoms with Crippen molar-refractivity contribution in [3.8, 4) is 17.2 Å². The van der Waals surface area contributed by atoms with E-state index in [0.29, 0.717) is 6.54 Å². The molecule has 1 aromatic carbocycles. The average Bonchev–Trinajstić information content (AvgIpc) is 2.76. The summed E-state index contributed by atoms with van der Waals surface area (Å²) in [4.78, 5) is 0. The molecule has 0 heterocycles. The molecule has 0 amide bonds. The van der Waals surface area contributed by atoms with Gasteiger partial charge in [0.2, 0.25) is 5.75 Å². The lowest BCUT2D eigenvalue weighted by molar-refractivity contribution is 0.137. The second-order valence-electron chi connectivity index (χ2n) is 8.02. The zero-order valence-electron chi connectivity index (χ0n) is 20.4. The summed E-state index contributed by atoms with van der Waals surface area (Å²) in [6, 6.07) is 2.81. The molecule has 1 unspecified atom stereocenters. The van der Waals surface area contributed by atoms with Gasteiger partial charge in [0.15, 0.2) is 11.5 Å². The molecule has 0 aliphatic rings. The summed E-state index contributed by atoms with van der Waals surface area (Å²) in [5.41, 5.74) is 0.274. The molecule has 0 spiro atoms. The van der Waals surface area contributed by atoms with Gasteiger partial charge >= 0.3 is 0 Å². The van der Waals surface area contributed by atoms with Crippen LogP contribution in [0.3, 0.4) is 0 Å². The summed E-state index contributed by atoms with van der Waals surface area (Å²) in [7, 11) is -12.7. The number of rotatable bonds is 20. The van der Waals surface area contributed by atoms with Crippen LogP contribution in [0.15, 0.2) is 12.1 Å². The molecule has 0 bridgehead atoms. The number of ether oxygens (including phenoxy) is 3. The van der Waals surface area contributed by atoms with Crippen molar-refractivity contribution in [2.24, 2.45) is 0 Å². The van der Waals surface area contributed by atoms with Gasteiger partial charge in [-0.1, -0.05) is 13.3 Å². The van der Waals surface area contributed by atoms with Crippen LogP contribution in [0.2, 0.25) is 0 Å². The Morgan fingerprint density at radius 2 is 1.14 bits per heavy atom. The number of hydrogen-bond acceptors (Lipinski definition) is 11. The molecule has 1 aromatic rings. The van der Waals surface area contributed by atoms with Crippen molar-refractivity contribution in [3.63, 3.8) is 0 Å². The van der Waals surface area contributed by atoms with Crippen molar-refractivity contribution in [2.75, 3.05) is 43.6 Å². The summed E-state index contributed by atoms with van der Waals surface area (Å²) < 4.78 is 110. The van der Waals surface area contributed by atoms with Gasteiger partial charge in [-0.25, -0.2) is 0 Å². The van der Waals surface area contributed by atoms with Gasteiger partial charge in [0.1, 0.15) is 6.23 Å². The fourth-order valence-electron chi connectivity index (χ4n) is 2.91. The third kappa shape index (κ3) is 16.0. The summed E-state index contributed by atoms with van der Waals surface area (Å²) in [5.74, 6) is -1.77. The molecule has 0 aliphatic carbocycles. The van der Waals surface area contributed by atoms with E-state index in [1.54, 1.807) is 0 Å². The molecule has 1 rings (SSSR count). The van der Waals surface area contributed by atoms with E-state index in [1.807, 2.05) is 6.92 Å². The van der Waals surface area contributed by atoms with Crippen LogP contribution >= 0.6 is 0 Å². The Bertz CT molecular complexity index is 1090. The van der Waals surface area contributed by atoms with Crippen LogP contribution in [0.5, 0.6) is 17.2 Å². The van der Waals surface area contributed by atoms with Gasteiger partial charge in [-0.15, -0.1) is 0 Å². The molecular formula is C20H35NO13S3. The molecule has 0 fully saturated rings. The van der Waals surface area contributed by atoms with Gasteiger partial charge in [0.05, 0.1) is 37.1 Å². The summed E-state index contributed by atoms with van der Waals surface area (Å²) in [6.45, 7) is 1.87. The average molecular weight is 594 g/mol. The fourth-order valence-corrected chi connectivity index (χ4v) is 4.36. The Morgan fingerprint density at radius 1 is 0.730 bits per heavy atom. The zero-order valence-corrected chi connectivity index (χ0v) is 22.9. The van der Waals surface area contributed by atoms with Crippen molar-refractivity contribution >= 4 is 30.4 Å². The van der Waals surface area contributed by atoms with E-state index in [2.05, 4.69) is 5.32 Å². The molecule has 5 N–H and O–H groups in total. The van der Waals surface area contributed by atoms with E-state index in [-0.39, 0.29) is 61.9 Å². The first kappa shape index (κ1) is 33.3. The lowest BCUT2D eigenvalue weighted by Gasteiger charge is -2.21. The van der Waals surface area contributed by atoms with Crippen LogP contribution in [0, 0.1) is 0 Å². The van der Waals surface area contributed by atoms with E-state index < -0.39 is 53.8 Å². The van der Waals surface area contributed by atoms with Crippen LogP contribution in [0.1, 0.15) is 50.8 Å². The molecule has 0 radical (unpaired) electrons. The van der Waals surface area contributed by atoms with E-state index in [0.717, 1.165) is 12.8 Å². The topological polar surface area (TPSA) is 223 Å². The van der Waals surface area contributed by atoms with Crippen molar-refractivity contribution in [3.05, 3.63) is 17.7 Å². The van der Waals surface area contributed by atoms with E-state index in [4.69, 9.17) is 27.9 Å². The van der Waals surface area contributed by atoms with Crippen LogP contribution in [-0.2, 0) is 30.4 Å². The minimum Gasteiger partial charge on any atom is -0.489 e. The van der Waals surface area contributed by atoms with Gasteiger partial charge in [-0.2, -0.15) is 25.3 Å². The summed E-state index contributed by atoms with van der Waals surface area (Å²) >= 11 is 0. The maximum absolute atomic E-state index is 11.0. The molecule has 17 heteroatoms. The second kappa shape index (κ2) is 15.6. The summed E-state index contributed by atoms with van der Waals surface area (Å²) in [5, 5.41) is 13.5. The lowest BCUT2D eigenvalue weighted by atomic mass is 10.1. The van der Waals surface area contributed by atoms with E-state index >= 15 is 0 Å². The number of benzene rings is 1. The molecule has 37 heavy (non-hydrogen) atoms. The monoisotopic (exact) mass is 593 g/mol. The highest BCUT2D eigenvalue weighted by Gasteiger charge is 2.20. The molecule has 216 valence electrons. The second-order valence-corrected chi connectivity index (χ2v) is 12.7. The van der Waals surface area contributed by atoms with Crippen molar-refractivity contribution in [1.82, 2.24) is 5.32 Å². The Labute approximate surface area is 217 Å². The molecule has 1 atom stereocenters. The van der Waals surface area contributed by atoms with E-state index in [1.165, 1.54) is 12.1 Å². The van der Waals surface area contributed by atoms with Gasteiger partial charge in [-0.05, 0) is 44.4 Å². The van der Waals surface area contributed by atoms with Gasteiger partial charge in [-0.3, -0.25) is 19.0 Å². The Hall–Kier alpha value is -1.73. The van der Waals surface area contributed by atoms with Crippen LogP contribution in [0.25, 0.3) is 0 Å². The number of nitrogens with one attached hydrogen (secondary N) is 1. The van der Waals surface area contributed by atoms with Gasteiger partial charge in [0.25, 0.3) is 30.4 Å². The van der Waals surface area contributed by atoms with E-state index in [9.17, 15) is 30.4 Å². The molecule has 0 saturated heterocycles. The van der Waals surface area contributed by atoms with Gasteiger partial charge in [0, 0.05) is 5.56 Å². The van der Waals surface area contributed by atoms with Crippen molar-refractivity contribution < 1.29 is 58.2 Å². The molecule has 0 aromatic heterocycles. The lowest BCUT2D eigenvalue weighted by Crippen LogP contribution is -2.22. The first-order valence-electron chi connectivity index (χ1n) is 11.4. The predicted molar refractivity (Wildman–Crippen MR) is 134 cm³/mol. The molecular weight excluding hydrogens is 558 g/mol. The first-order valence-corrected chi connectivity index (χ1v) is 16.3. The van der Waals surface area contributed by atoms with Crippen molar-refractivity contribution in [2.45, 2.75) is 45.3 Å². The summed E-state index contributed by atoms with van der Waals surface area (Å²) in [6.07, 6.45) is 0.206. The van der Waals surface area contributed by atoms with Crippen LogP contribution < -0.4 is 19.5 Å². The van der Waals surface area contributed by atoms with Crippen LogP contribution in [0.4, 0.5) is 0 Å². The molecule has 0 aliphatic heterocycles. The normalized spacial score (nSPS) is 13.3. The maximum Gasteiger partial charge on any atom is 0.264 e. The number of aliphatic hydroxyl groups is 1. The molecule has 0 saturated carbocycles. The highest BCUT2D eigenvalue weighted by Crippen LogP contribution is 2.40. The Balaban J connectivity index is 3.23. The SMILES string of the molecule is CCCCNC(O)c1cc(OCCCS(=O)(=O)O)c(OCCCS(=O)(=O)O)c(OCCCS(=O)(=O)O)c1. The van der Waals surface area contributed by atoms with Gasteiger partial charge < -0.3 is 19.3 Å². The largest absolute Gasteiger partial charge is 0.489 e. The fraction of sp³-hybridized carbons (Fsp3) is 0.700. The first-order chi connectivity index (χ1) is 17.1. The predicted octanol–water partition coefficient (Wildman–Crippen LogP) is 1.04. The number of aliphatic hydroxyl groups excluding tert-OH is 1. The highest BCUT2D eigenvalue weighted by molar-refractivity contribution is 7.86. The number of hydrogen-bond donors (Lipinski definition) is 5. The smallest absolute Gasteiger partial charge is 0.264 e. The Kier molecular flexibility index (Phi) is 14.1. The highest BCUT2D eigenvalue weighted by atomic mass is 32.2. The zero-order chi connectivity index (χ0) is 28.1. The Morgan fingerprint density at radius 3 is 1.51 bits per heavy atom. The number of unbranched alkanes of at least 4 members (excludes halogenated alkanes) is 1.